The van der Waals surface area contributed by atoms with Crippen molar-refractivity contribution in [2.75, 3.05) is 19.8 Å². The van der Waals surface area contributed by atoms with Gasteiger partial charge in [0.1, 0.15) is 24.4 Å². The van der Waals surface area contributed by atoms with Crippen LogP contribution in [0.15, 0.2) is 85.1 Å². The summed E-state index contributed by atoms with van der Waals surface area (Å²) >= 11 is 0. The highest BCUT2D eigenvalue weighted by Gasteiger charge is 2.44. The van der Waals surface area contributed by atoms with E-state index in [1.807, 2.05) is 6.08 Å². The molecule has 7 atom stereocenters. The van der Waals surface area contributed by atoms with E-state index in [2.05, 4.69) is 92.1 Å². The van der Waals surface area contributed by atoms with Crippen LogP contribution in [0.1, 0.15) is 277 Å². The summed E-state index contributed by atoms with van der Waals surface area (Å²) in [5.74, 6) is -0.217. The lowest BCUT2D eigenvalue weighted by molar-refractivity contribution is -0.302. The van der Waals surface area contributed by atoms with E-state index in [-0.39, 0.29) is 18.5 Å². The molecule has 1 heterocycles. The summed E-state index contributed by atoms with van der Waals surface area (Å²) in [4.78, 5) is 25.1. The summed E-state index contributed by atoms with van der Waals surface area (Å²) in [5.41, 5.74) is 0. The van der Waals surface area contributed by atoms with Gasteiger partial charge in [0.2, 0.25) is 5.91 Å². The number of carbonyl (C=O) groups is 2. The molecule has 11 nitrogen and oxygen atoms in total. The van der Waals surface area contributed by atoms with Gasteiger partial charge in [-0.1, -0.05) is 234 Å². The Kier molecular flexibility index (Phi) is 53.9. The first-order chi connectivity index (χ1) is 39.2. The van der Waals surface area contributed by atoms with Crippen LogP contribution in [-0.4, -0.2) is 100 Å². The van der Waals surface area contributed by atoms with Crippen LogP contribution in [0, 0.1) is 0 Å². The van der Waals surface area contributed by atoms with E-state index in [0.717, 1.165) is 103 Å². The zero-order valence-electron chi connectivity index (χ0n) is 51.0. The Balaban J connectivity index is 1.99. The minimum atomic E-state index is -1.58. The molecular formula is C69H121NO10. The molecule has 0 aliphatic carbocycles. The number of nitrogens with one attached hydrogen (secondary N) is 1. The Labute approximate surface area is 489 Å². The molecule has 0 spiro atoms. The van der Waals surface area contributed by atoms with Crippen molar-refractivity contribution in [3.63, 3.8) is 0 Å². The first kappa shape index (κ1) is 74.9. The Bertz CT molecular complexity index is 1600. The van der Waals surface area contributed by atoms with Crippen molar-refractivity contribution < 1.29 is 49.3 Å². The van der Waals surface area contributed by atoms with Crippen LogP contribution in [0.5, 0.6) is 0 Å². The Morgan fingerprint density at radius 2 is 0.887 bits per heavy atom. The van der Waals surface area contributed by atoms with Gasteiger partial charge in [0.25, 0.3) is 0 Å². The van der Waals surface area contributed by atoms with E-state index in [0.29, 0.717) is 19.4 Å². The fourth-order valence-corrected chi connectivity index (χ4v) is 9.77. The van der Waals surface area contributed by atoms with Gasteiger partial charge in [0.05, 0.1) is 32.0 Å². The van der Waals surface area contributed by atoms with Crippen molar-refractivity contribution in [3.8, 4) is 0 Å². The van der Waals surface area contributed by atoms with Crippen LogP contribution in [0.4, 0.5) is 0 Å². The number of aliphatic hydroxyl groups is 5. The van der Waals surface area contributed by atoms with E-state index < -0.39 is 49.5 Å². The Morgan fingerprint density at radius 1 is 0.475 bits per heavy atom. The number of aliphatic hydroxyl groups excluding tert-OH is 5. The average molecular weight is 1120 g/mol. The normalized spacial score (nSPS) is 18.9. The van der Waals surface area contributed by atoms with Crippen molar-refractivity contribution in [1.82, 2.24) is 5.32 Å². The Morgan fingerprint density at radius 3 is 1.36 bits per heavy atom. The molecular weight excluding hydrogens is 1000 g/mol. The number of allylic oxidation sites excluding steroid dienone is 13. The summed E-state index contributed by atoms with van der Waals surface area (Å²) in [6.45, 7) is 4.16. The Hall–Kier alpha value is -3.16. The highest BCUT2D eigenvalue weighted by atomic mass is 16.7. The third kappa shape index (κ3) is 46.3. The van der Waals surface area contributed by atoms with Crippen LogP contribution in [0.3, 0.4) is 0 Å². The quantitative estimate of drug-likeness (QED) is 0.0195. The van der Waals surface area contributed by atoms with Gasteiger partial charge in [0, 0.05) is 12.8 Å². The molecule has 11 heteroatoms. The number of rotatable bonds is 56. The standard InChI is InChI=1S/C69H121NO10/c1-3-5-7-9-11-13-15-16-17-27-31-34-37-41-45-49-53-57-65(74)78-58-54-50-46-42-38-35-32-29-26-24-22-20-18-19-21-23-25-28-30-33-36-40-44-48-52-56-64(73)70-61(60-79-69-68(77)67(76)66(75)63(59-71)80-69)62(72)55-51-47-43-39-14-12-10-8-6-4-2/h6,8,11,13-14,16-17,19-22,39,51,55,61-63,66-69,71-72,75-77H,3-5,7,9-10,12,15,18,23-38,40-50,52-54,56-60H2,1-2H3,(H,70,73)/b8-6+,13-11-,17-16-,21-19-,22-20-,39-14+,55-51+. The lowest BCUT2D eigenvalue weighted by Gasteiger charge is -2.40. The zero-order valence-corrected chi connectivity index (χ0v) is 51.0. The molecule has 7 unspecified atom stereocenters. The average Bonchev–Trinajstić information content (AvgIpc) is 3.45. The third-order valence-corrected chi connectivity index (χ3v) is 14.9. The molecule has 1 aliphatic heterocycles. The van der Waals surface area contributed by atoms with Gasteiger partial charge >= 0.3 is 5.97 Å². The lowest BCUT2D eigenvalue weighted by atomic mass is 9.99. The van der Waals surface area contributed by atoms with E-state index in [1.54, 1.807) is 6.08 Å². The van der Waals surface area contributed by atoms with Gasteiger partial charge in [-0.2, -0.15) is 0 Å². The van der Waals surface area contributed by atoms with Crippen LogP contribution in [0.2, 0.25) is 0 Å². The summed E-state index contributed by atoms with van der Waals surface area (Å²) in [6.07, 6.45) is 68.6. The summed E-state index contributed by atoms with van der Waals surface area (Å²) in [7, 11) is 0. The maximum Gasteiger partial charge on any atom is 0.305 e. The minimum absolute atomic E-state index is 0.0110. The largest absolute Gasteiger partial charge is 0.466 e. The van der Waals surface area contributed by atoms with Crippen molar-refractivity contribution in [2.45, 2.75) is 320 Å². The maximum absolute atomic E-state index is 13.0. The molecule has 0 saturated carbocycles. The predicted octanol–water partition coefficient (Wildman–Crippen LogP) is 16.1. The highest BCUT2D eigenvalue weighted by Crippen LogP contribution is 2.23. The molecule has 0 radical (unpaired) electrons. The van der Waals surface area contributed by atoms with Crippen LogP contribution < -0.4 is 5.32 Å². The number of esters is 1. The van der Waals surface area contributed by atoms with Gasteiger partial charge < -0.3 is 45.1 Å². The number of carbonyl (C=O) groups excluding carboxylic acids is 2. The fourth-order valence-electron chi connectivity index (χ4n) is 9.77. The van der Waals surface area contributed by atoms with Crippen LogP contribution in [0.25, 0.3) is 0 Å². The number of unbranched alkanes of at least 4 members (excludes halogenated alkanes) is 30. The molecule has 462 valence electrons. The molecule has 6 N–H and O–H groups in total. The second-order valence-corrected chi connectivity index (χ2v) is 22.4. The monoisotopic (exact) mass is 1120 g/mol. The number of ether oxygens (including phenoxy) is 3. The smallest absolute Gasteiger partial charge is 0.305 e. The molecule has 80 heavy (non-hydrogen) atoms. The molecule has 0 aromatic heterocycles. The topological polar surface area (TPSA) is 175 Å². The summed E-state index contributed by atoms with van der Waals surface area (Å²) < 4.78 is 16.7. The summed E-state index contributed by atoms with van der Waals surface area (Å²) in [5, 5.41) is 54.2. The summed E-state index contributed by atoms with van der Waals surface area (Å²) in [6, 6.07) is -0.840. The van der Waals surface area contributed by atoms with Crippen molar-refractivity contribution in [3.05, 3.63) is 85.1 Å². The molecule has 1 fully saturated rings. The number of amides is 1. The first-order valence-electron chi connectivity index (χ1n) is 32.9. The minimum Gasteiger partial charge on any atom is -0.466 e. The fraction of sp³-hybridized carbons (Fsp3) is 0.768. The lowest BCUT2D eigenvalue weighted by Crippen LogP contribution is -2.60. The number of hydrogen-bond acceptors (Lipinski definition) is 10. The third-order valence-electron chi connectivity index (χ3n) is 14.9. The zero-order chi connectivity index (χ0) is 58.0. The van der Waals surface area contributed by atoms with Crippen molar-refractivity contribution >= 4 is 11.9 Å². The van der Waals surface area contributed by atoms with Gasteiger partial charge in [-0.25, -0.2) is 0 Å². The molecule has 1 aliphatic rings. The van der Waals surface area contributed by atoms with Crippen molar-refractivity contribution in [1.29, 1.82) is 0 Å². The van der Waals surface area contributed by atoms with E-state index in [4.69, 9.17) is 14.2 Å². The van der Waals surface area contributed by atoms with E-state index >= 15 is 0 Å². The van der Waals surface area contributed by atoms with E-state index in [1.165, 1.54) is 148 Å². The second-order valence-electron chi connectivity index (χ2n) is 22.4. The van der Waals surface area contributed by atoms with Gasteiger partial charge in [0.15, 0.2) is 6.29 Å². The molecule has 0 aromatic rings. The first-order valence-corrected chi connectivity index (χ1v) is 32.9. The van der Waals surface area contributed by atoms with Gasteiger partial charge in [-0.15, -0.1) is 0 Å². The SMILES string of the molecule is CC/C=C/CC/C=C/CC/C=C/C(O)C(COC1OC(CO)C(O)C(O)C1O)NC(=O)CCCCCCCCCCC/C=C\C/C=C\CCCCCCCCCCCOC(=O)CCCCCCCCC/C=C\C/C=C\CCCCC. The molecule has 1 amide bonds. The molecule has 1 rings (SSSR count). The van der Waals surface area contributed by atoms with Gasteiger partial charge in [-0.05, 0) is 116 Å². The van der Waals surface area contributed by atoms with E-state index in [9.17, 15) is 35.1 Å². The molecule has 0 aromatic carbocycles. The van der Waals surface area contributed by atoms with Crippen LogP contribution in [-0.2, 0) is 23.8 Å². The number of hydrogen-bond donors (Lipinski definition) is 6. The highest BCUT2D eigenvalue weighted by molar-refractivity contribution is 5.76. The molecule has 1 saturated heterocycles. The second kappa shape index (κ2) is 57.6. The van der Waals surface area contributed by atoms with Crippen LogP contribution >= 0.6 is 0 Å². The molecule has 0 bridgehead atoms. The van der Waals surface area contributed by atoms with Gasteiger partial charge in [-0.3, -0.25) is 9.59 Å². The predicted molar refractivity (Wildman–Crippen MR) is 333 cm³/mol. The van der Waals surface area contributed by atoms with Crippen molar-refractivity contribution in [2.24, 2.45) is 0 Å². The maximum atomic E-state index is 13.0.